The minimum Gasteiger partial charge on any atom is -0.497 e. The smallest absolute Gasteiger partial charge is 0.107 e. The van der Waals surface area contributed by atoms with Crippen molar-refractivity contribution in [1.82, 2.24) is 4.98 Å². The van der Waals surface area contributed by atoms with Gasteiger partial charge in [0, 0.05) is 60.5 Å². The third-order valence-corrected chi connectivity index (χ3v) is 9.54. The standard InChI is InChI=1S/C36H30N3OS2.Pt/c1-23-24(2)39(22-38(23)26-10-7-6-8-11-26)27-12-9-13-28(19-27)40-34-20-30-33(42-34)21-32-29(15-17-41-32)35(30)31-18-25(14-16-37-31)36(3,4)5;/h6-18,21-22H,1-5H3;/q-3;. The predicted molar refractivity (Wildman–Crippen MR) is 177 cm³/mol. The van der Waals surface area contributed by atoms with Gasteiger partial charge in [-0.2, -0.15) is 22.8 Å². The molecule has 0 spiro atoms. The molecule has 0 atom stereocenters. The van der Waals surface area contributed by atoms with Gasteiger partial charge in [0.25, 0.3) is 0 Å². The summed E-state index contributed by atoms with van der Waals surface area (Å²) in [5.74, 6) is 0.656. The Morgan fingerprint density at radius 2 is 1.65 bits per heavy atom. The largest absolute Gasteiger partial charge is 0.497 e. The maximum Gasteiger partial charge on any atom is 0.107 e. The minimum atomic E-state index is 0. The third kappa shape index (κ3) is 5.53. The van der Waals surface area contributed by atoms with Gasteiger partial charge in [0.15, 0.2) is 0 Å². The van der Waals surface area contributed by atoms with Gasteiger partial charge in [0.05, 0.1) is 0 Å². The second kappa shape index (κ2) is 11.6. The molecule has 7 heteroatoms. The first-order valence-corrected chi connectivity index (χ1v) is 15.6. The monoisotopic (exact) mass is 779 g/mol. The summed E-state index contributed by atoms with van der Waals surface area (Å²) < 4.78 is 8.80. The van der Waals surface area contributed by atoms with Gasteiger partial charge in [-0.1, -0.05) is 66.8 Å². The van der Waals surface area contributed by atoms with Crippen LogP contribution >= 0.6 is 22.7 Å². The van der Waals surface area contributed by atoms with E-state index in [1.165, 1.54) is 21.3 Å². The van der Waals surface area contributed by atoms with Crippen LogP contribution in [0.1, 0.15) is 40.2 Å². The minimum absolute atomic E-state index is 0. The Balaban J connectivity index is 0.00000329. The quantitative estimate of drug-likeness (QED) is 0.163. The van der Waals surface area contributed by atoms with E-state index in [1.54, 1.807) is 22.7 Å². The van der Waals surface area contributed by atoms with Crippen LogP contribution in [0.2, 0.25) is 0 Å². The van der Waals surface area contributed by atoms with Crippen LogP contribution in [-0.4, -0.2) is 4.98 Å². The Hall–Kier alpha value is -3.44. The van der Waals surface area contributed by atoms with Crippen LogP contribution in [0.3, 0.4) is 0 Å². The van der Waals surface area contributed by atoms with Crippen molar-refractivity contribution in [3.05, 3.63) is 120 Å². The van der Waals surface area contributed by atoms with Gasteiger partial charge in [-0.15, -0.1) is 48.0 Å². The molecule has 0 unspecified atom stereocenters. The summed E-state index contributed by atoms with van der Waals surface area (Å²) in [6, 6.07) is 32.2. The molecule has 4 nitrogen and oxygen atoms in total. The molecule has 6 aromatic rings. The van der Waals surface area contributed by atoms with Gasteiger partial charge in [0.1, 0.15) is 5.06 Å². The molecule has 43 heavy (non-hydrogen) atoms. The molecule has 0 fully saturated rings. The number of anilines is 2. The summed E-state index contributed by atoms with van der Waals surface area (Å²) in [7, 11) is 0. The molecule has 0 aliphatic carbocycles. The van der Waals surface area contributed by atoms with E-state index in [2.05, 4.69) is 123 Å². The van der Waals surface area contributed by atoms with Crippen LogP contribution in [0.15, 0.2) is 95.8 Å². The number of aromatic nitrogens is 1. The molecule has 0 radical (unpaired) electrons. The van der Waals surface area contributed by atoms with Crippen LogP contribution in [0.4, 0.5) is 11.4 Å². The number of para-hydroxylation sites is 1. The van der Waals surface area contributed by atoms with Crippen LogP contribution in [0.5, 0.6) is 10.8 Å². The van der Waals surface area contributed by atoms with E-state index >= 15 is 0 Å². The Kier molecular flexibility index (Phi) is 7.97. The Morgan fingerprint density at radius 3 is 2.44 bits per heavy atom. The summed E-state index contributed by atoms with van der Waals surface area (Å²) in [4.78, 5) is 9.18. The summed E-state index contributed by atoms with van der Waals surface area (Å²) in [6.45, 7) is 13.1. The molecule has 220 valence electrons. The van der Waals surface area contributed by atoms with Gasteiger partial charge >= 0.3 is 0 Å². The van der Waals surface area contributed by atoms with Gasteiger partial charge in [-0.05, 0) is 54.5 Å². The van der Waals surface area contributed by atoms with Crippen molar-refractivity contribution in [2.75, 3.05) is 9.80 Å². The van der Waals surface area contributed by atoms with Gasteiger partial charge in [-0.3, -0.25) is 4.98 Å². The molecule has 0 saturated carbocycles. The number of thiophene rings is 2. The molecule has 3 aromatic carbocycles. The predicted octanol–water partition coefficient (Wildman–Crippen LogP) is 10.6. The number of benzene rings is 3. The number of hydrogen-bond donors (Lipinski definition) is 0. The molecule has 1 aliphatic heterocycles. The molecule has 0 amide bonds. The van der Waals surface area contributed by atoms with E-state index in [1.807, 2.05) is 24.4 Å². The zero-order chi connectivity index (χ0) is 29.0. The number of hydrogen-bond acceptors (Lipinski definition) is 6. The van der Waals surface area contributed by atoms with Crippen LogP contribution < -0.4 is 14.5 Å². The zero-order valence-corrected chi connectivity index (χ0v) is 28.4. The molecule has 7 rings (SSSR count). The Morgan fingerprint density at radius 1 is 0.860 bits per heavy atom. The van der Waals surface area contributed by atoms with Gasteiger partial charge < -0.3 is 14.5 Å². The molecule has 4 heterocycles. The van der Waals surface area contributed by atoms with Crippen molar-refractivity contribution in [3.63, 3.8) is 0 Å². The van der Waals surface area contributed by atoms with Gasteiger partial charge in [0.2, 0.25) is 0 Å². The van der Waals surface area contributed by atoms with E-state index in [0.717, 1.165) is 38.4 Å². The van der Waals surface area contributed by atoms with Crippen molar-refractivity contribution in [1.29, 1.82) is 0 Å². The summed E-state index contributed by atoms with van der Waals surface area (Å²) >= 11 is 3.36. The second-order valence-corrected chi connectivity index (χ2v) is 13.5. The average Bonchev–Trinajstić information content (AvgIpc) is 3.69. The number of allylic oxidation sites excluding steroid dienone is 2. The molecule has 0 N–H and O–H groups in total. The summed E-state index contributed by atoms with van der Waals surface area (Å²) in [6.07, 6.45) is 1.92. The molecule has 3 aromatic heterocycles. The van der Waals surface area contributed by atoms with Crippen LogP contribution in [-0.2, 0) is 26.5 Å². The number of nitrogens with zero attached hydrogens (tertiary/aromatic N) is 3. The normalized spacial score (nSPS) is 13.7. The molecular formula is C36H30N3OPtS2-3. The van der Waals surface area contributed by atoms with E-state index in [0.29, 0.717) is 10.8 Å². The fraction of sp³-hybridized carbons (Fsp3) is 0.167. The first kappa shape index (κ1) is 29.6. The summed E-state index contributed by atoms with van der Waals surface area (Å²) in [5.41, 5.74) is 7.75. The number of pyridine rings is 1. The Labute approximate surface area is 275 Å². The molecule has 0 saturated heterocycles. The molecule has 1 aliphatic rings. The van der Waals surface area contributed by atoms with Crippen LogP contribution in [0.25, 0.3) is 31.4 Å². The number of ether oxygens (including phenoxy) is 1. The third-order valence-electron chi connectivity index (χ3n) is 7.76. The van der Waals surface area contributed by atoms with E-state index in [9.17, 15) is 0 Å². The summed E-state index contributed by atoms with van der Waals surface area (Å²) in [5, 5.41) is 5.10. The van der Waals surface area contributed by atoms with E-state index in [-0.39, 0.29) is 26.5 Å². The maximum atomic E-state index is 6.43. The zero-order valence-electron chi connectivity index (χ0n) is 24.5. The van der Waals surface area contributed by atoms with Gasteiger partial charge in [-0.25, -0.2) is 0 Å². The van der Waals surface area contributed by atoms with Crippen molar-refractivity contribution in [2.45, 2.75) is 40.0 Å². The molecule has 0 bridgehead atoms. The number of rotatable bonds is 5. The first-order chi connectivity index (χ1) is 20.3. The molecular weight excluding hydrogens is 750 g/mol. The van der Waals surface area contributed by atoms with Crippen molar-refractivity contribution in [2.24, 2.45) is 0 Å². The number of fused-ring (bicyclic) bond motifs is 2. The first-order valence-electron chi connectivity index (χ1n) is 14.0. The van der Waals surface area contributed by atoms with E-state index in [4.69, 9.17) is 9.72 Å². The van der Waals surface area contributed by atoms with Crippen molar-refractivity contribution < 1.29 is 25.8 Å². The van der Waals surface area contributed by atoms with Crippen molar-refractivity contribution >= 4 is 54.2 Å². The maximum absolute atomic E-state index is 6.43. The topological polar surface area (TPSA) is 28.6 Å². The Bertz CT molecular complexity index is 1970. The fourth-order valence-electron chi connectivity index (χ4n) is 5.33. The van der Waals surface area contributed by atoms with E-state index < -0.39 is 0 Å². The second-order valence-electron chi connectivity index (χ2n) is 11.5. The fourth-order valence-corrected chi connectivity index (χ4v) is 7.16. The van der Waals surface area contributed by atoms with Crippen LogP contribution in [0, 0.1) is 18.8 Å². The van der Waals surface area contributed by atoms with Crippen molar-refractivity contribution in [3.8, 4) is 22.1 Å². The average molecular weight is 780 g/mol. The SMILES string of the molecule is CC1=C(C)N(c2ccccc2)[CH-]N1c1[c-]c(Oc2[c-]c3c(-c4cc(C(C)(C)C)ccn4)c4ccsc4cc3s2)ccc1.[Pt].